The molecule has 0 bridgehead atoms. The molecule has 0 amide bonds. The van der Waals surface area contributed by atoms with Crippen LogP contribution in [0.4, 0.5) is 0 Å². The molecule has 0 saturated carbocycles. The summed E-state index contributed by atoms with van der Waals surface area (Å²) in [6.45, 7) is 8.44. The highest BCUT2D eigenvalue weighted by Crippen LogP contribution is 2.12. The molecule has 0 aliphatic rings. The van der Waals surface area contributed by atoms with E-state index in [2.05, 4.69) is 25.7 Å². The van der Waals surface area contributed by atoms with E-state index in [0.717, 1.165) is 18.0 Å². The summed E-state index contributed by atoms with van der Waals surface area (Å²) in [6, 6.07) is 0. The summed E-state index contributed by atoms with van der Waals surface area (Å²) in [4.78, 5) is 0. The molecule has 11 heavy (non-hydrogen) atoms. The van der Waals surface area contributed by atoms with Gasteiger partial charge in [-0.1, -0.05) is 33.3 Å². The van der Waals surface area contributed by atoms with Gasteiger partial charge in [-0.3, -0.25) is 0 Å². The Labute approximate surface area is 70.9 Å². The van der Waals surface area contributed by atoms with Gasteiger partial charge in [-0.05, 0) is 18.8 Å². The van der Waals surface area contributed by atoms with Crippen LogP contribution in [-0.4, -0.2) is 7.05 Å². The third-order valence-electron chi connectivity index (χ3n) is 2.23. The molecule has 0 aromatic heterocycles. The second kappa shape index (κ2) is 6.26. The standard InChI is InChI=1S/C10H21N/c1-5-9(2)7-6-8-10(3)11-4/h9,11H,3,5-8H2,1-2,4H3. The fraction of sp³-hybridized carbons (Fsp3) is 0.800. The Balaban J connectivity index is 3.20. The molecule has 0 aromatic rings. The van der Waals surface area contributed by atoms with Crippen molar-refractivity contribution < 1.29 is 0 Å². The molecule has 0 rings (SSSR count). The lowest BCUT2D eigenvalue weighted by Crippen LogP contribution is -2.04. The van der Waals surface area contributed by atoms with Crippen LogP contribution in [0.5, 0.6) is 0 Å². The largest absolute Gasteiger partial charge is 0.392 e. The summed E-state index contributed by atoms with van der Waals surface area (Å²) < 4.78 is 0. The quantitative estimate of drug-likeness (QED) is 0.622. The van der Waals surface area contributed by atoms with Crippen molar-refractivity contribution in [2.45, 2.75) is 39.5 Å². The van der Waals surface area contributed by atoms with Crippen LogP contribution in [0.3, 0.4) is 0 Å². The van der Waals surface area contributed by atoms with Crippen molar-refractivity contribution in [2.24, 2.45) is 5.92 Å². The van der Waals surface area contributed by atoms with Gasteiger partial charge in [0.05, 0.1) is 0 Å². The molecule has 0 saturated heterocycles. The predicted molar refractivity (Wildman–Crippen MR) is 51.5 cm³/mol. The molecule has 1 unspecified atom stereocenters. The number of allylic oxidation sites excluding steroid dienone is 1. The molecule has 0 aliphatic carbocycles. The van der Waals surface area contributed by atoms with Gasteiger partial charge in [0.25, 0.3) is 0 Å². The second-order valence-corrected chi connectivity index (χ2v) is 3.26. The molecule has 0 fully saturated rings. The third kappa shape index (κ3) is 5.96. The first-order valence-electron chi connectivity index (χ1n) is 4.56. The highest BCUT2D eigenvalue weighted by Gasteiger charge is 1.98. The molecule has 0 aromatic carbocycles. The summed E-state index contributed by atoms with van der Waals surface area (Å²) >= 11 is 0. The van der Waals surface area contributed by atoms with Crippen molar-refractivity contribution in [3.8, 4) is 0 Å². The first-order chi connectivity index (χ1) is 5.20. The van der Waals surface area contributed by atoms with Gasteiger partial charge in [-0.2, -0.15) is 0 Å². The van der Waals surface area contributed by atoms with Gasteiger partial charge in [0.2, 0.25) is 0 Å². The van der Waals surface area contributed by atoms with E-state index >= 15 is 0 Å². The Morgan fingerprint density at radius 3 is 2.64 bits per heavy atom. The normalized spacial score (nSPS) is 12.6. The maximum absolute atomic E-state index is 3.88. The van der Waals surface area contributed by atoms with Gasteiger partial charge in [0.15, 0.2) is 0 Å². The molecule has 66 valence electrons. The van der Waals surface area contributed by atoms with Gasteiger partial charge in [0, 0.05) is 12.7 Å². The minimum Gasteiger partial charge on any atom is -0.392 e. The van der Waals surface area contributed by atoms with Crippen LogP contribution in [-0.2, 0) is 0 Å². The smallest absolute Gasteiger partial charge is 0.00310 e. The topological polar surface area (TPSA) is 12.0 Å². The van der Waals surface area contributed by atoms with E-state index in [1.807, 2.05) is 7.05 Å². The van der Waals surface area contributed by atoms with Gasteiger partial charge >= 0.3 is 0 Å². The fourth-order valence-corrected chi connectivity index (χ4v) is 0.993. The number of hydrogen-bond donors (Lipinski definition) is 1. The lowest BCUT2D eigenvalue weighted by Gasteiger charge is -2.08. The van der Waals surface area contributed by atoms with Crippen molar-refractivity contribution in [1.29, 1.82) is 0 Å². The molecular formula is C10H21N. The van der Waals surface area contributed by atoms with E-state index < -0.39 is 0 Å². The molecule has 0 radical (unpaired) electrons. The van der Waals surface area contributed by atoms with Gasteiger partial charge in [-0.25, -0.2) is 0 Å². The Kier molecular flexibility index (Phi) is 6.00. The first-order valence-corrected chi connectivity index (χ1v) is 4.56. The Bertz CT molecular complexity index is 107. The van der Waals surface area contributed by atoms with Crippen LogP contribution in [0.2, 0.25) is 0 Å². The summed E-state index contributed by atoms with van der Waals surface area (Å²) in [5.41, 5.74) is 1.16. The van der Waals surface area contributed by atoms with Crippen LogP contribution < -0.4 is 5.32 Å². The molecule has 1 nitrogen and oxygen atoms in total. The molecule has 0 spiro atoms. The van der Waals surface area contributed by atoms with E-state index in [1.54, 1.807) is 0 Å². The maximum atomic E-state index is 3.88. The maximum Gasteiger partial charge on any atom is 0.00310 e. The summed E-state index contributed by atoms with van der Waals surface area (Å²) in [6.07, 6.45) is 5.03. The highest BCUT2D eigenvalue weighted by atomic mass is 14.8. The van der Waals surface area contributed by atoms with Crippen LogP contribution in [0, 0.1) is 5.92 Å². The third-order valence-corrected chi connectivity index (χ3v) is 2.23. The monoisotopic (exact) mass is 155 g/mol. The molecule has 0 heterocycles. The van der Waals surface area contributed by atoms with E-state index in [-0.39, 0.29) is 0 Å². The van der Waals surface area contributed by atoms with E-state index in [0.29, 0.717) is 0 Å². The molecule has 0 aliphatic heterocycles. The van der Waals surface area contributed by atoms with Crippen LogP contribution in [0.25, 0.3) is 0 Å². The lowest BCUT2D eigenvalue weighted by molar-refractivity contribution is 0.492. The molecule has 1 N–H and O–H groups in total. The van der Waals surface area contributed by atoms with Gasteiger partial charge < -0.3 is 5.32 Å². The average Bonchev–Trinajstić information content (AvgIpc) is 2.04. The number of hydrogen-bond acceptors (Lipinski definition) is 1. The molecular weight excluding hydrogens is 134 g/mol. The van der Waals surface area contributed by atoms with Crippen LogP contribution in [0.15, 0.2) is 12.3 Å². The zero-order chi connectivity index (χ0) is 8.69. The minimum absolute atomic E-state index is 0.875. The SMILES string of the molecule is C=C(CCCC(C)CC)NC. The van der Waals surface area contributed by atoms with Gasteiger partial charge in [0.1, 0.15) is 0 Å². The lowest BCUT2D eigenvalue weighted by atomic mass is 10.0. The van der Waals surface area contributed by atoms with E-state index in [9.17, 15) is 0 Å². The number of nitrogens with one attached hydrogen (secondary N) is 1. The number of rotatable bonds is 6. The minimum atomic E-state index is 0.875. The van der Waals surface area contributed by atoms with Crippen molar-refractivity contribution in [2.75, 3.05) is 7.05 Å². The van der Waals surface area contributed by atoms with Gasteiger partial charge in [-0.15, -0.1) is 0 Å². The summed E-state index contributed by atoms with van der Waals surface area (Å²) in [7, 11) is 1.94. The Hall–Kier alpha value is -0.460. The van der Waals surface area contributed by atoms with Crippen molar-refractivity contribution in [1.82, 2.24) is 5.32 Å². The predicted octanol–water partition coefficient (Wildman–Crippen LogP) is 2.94. The van der Waals surface area contributed by atoms with E-state index in [4.69, 9.17) is 0 Å². The van der Waals surface area contributed by atoms with Crippen molar-refractivity contribution in [3.63, 3.8) is 0 Å². The van der Waals surface area contributed by atoms with E-state index in [1.165, 1.54) is 19.3 Å². The Morgan fingerprint density at radius 2 is 2.18 bits per heavy atom. The molecule has 1 heteroatoms. The van der Waals surface area contributed by atoms with Crippen LogP contribution >= 0.6 is 0 Å². The average molecular weight is 155 g/mol. The Morgan fingerprint density at radius 1 is 1.55 bits per heavy atom. The first kappa shape index (κ1) is 10.5. The zero-order valence-corrected chi connectivity index (χ0v) is 8.11. The summed E-state index contributed by atoms with van der Waals surface area (Å²) in [5.74, 6) is 0.875. The highest BCUT2D eigenvalue weighted by molar-refractivity contribution is 4.88. The fourth-order valence-electron chi connectivity index (χ4n) is 0.993. The summed E-state index contributed by atoms with van der Waals surface area (Å²) in [5, 5.41) is 3.06. The van der Waals surface area contributed by atoms with Crippen LogP contribution in [0.1, 0.15) is 39.5 Å². The zero-order valence-electron chi connectivity index (χ0n) is 8.11. The van der Waals surface area contributed by atoms with Crippen molar-refractivity contribution >= 4 is 0 Å². The van der Waals surface area contributed by atoms with Crippen molar-refractivity contribution in [3.05, 3.63) is 12.3 Å². The molecule has 1 atom stereocenters. The second-order valence-electron chi connectivity index (χ2n) is 3.26.